The molecule has 3 nitrogen and oxygen atoms in total. The van der Waals surface area contributed by atoms with Crippen molar-refractivity contribution >= 4 is 7.85 Å². The van der Waals surface area contributed by atoms with Gasteiger partial charge in [-0.15, -0.1) is 0 Å². The Labute approximate surface area is 94.5 Å². The molecule has 0 bridgehead atoms. The Morgan fingerprint density at radius 2 is 2.00 bits per heavy atom. The first kappa shape index (κ1) is 13.0. The molecule has 0 aromatic heterocycles. The summed E-state index contributed by atoms with van der Waals surface area (Å²) in [7, 11) is 2.14. The smallest absolute Gasteiger partial charge is 0.140 e. The van der Waals surface area contributed by atoms with Crippen LogP contribution in [-0.4, -0.2) is 56.7 Å². The number of ether oxygens (including phenoxy) is 2. The van der Waals surface area contributed by atoms with E-state index in [4.69, 9.17) is 9.47 Å². The zero-order valence-corrected chi connectivity index (χ0v) is 10.7. The van der Waals surface area contributed by atoms with Crippen LogP contribution < -0.4 is 0 Å². The van der Waals surface area contributed by atoms with Crippen molar-refractivity contribution in [1.82, 2.24) is 4.90 Å². The monoisotopic (exact) mass is 213 g/mol. The van der Waals surface area contributed by atoms with Crippen LogP contribution in [0, 0.1) is 0 Å². The maximum absolute atomic E-state index is 5.85. The van der Waals surface area contributed by atoms with E-state index in [0.29, 0.717) is 24.8 Å². The molecule has 0 spiro atoms. The second-order valence-electron chi connectivity index (χ2n) is 5.00. The molecule has 88 valence electrons. The molecule has 1 fully saturated rings. The van der Waals surface area contributed by atoms with Crippen LogP contribution in [0.1, 0.15) is 27.7 Å². The summed E-state index contributed by atoms with van der Waals surface area (Å²) in [6.07, 6.45) is 0.525. The Morgan fingerprint density at radius 3 is 2.53 bits per heavy atom. The molecule has 0 aromatic rings. The van der Waals surface area contributed by atoms with Crippen LogP contribution in [0.15, 0.2) is 0 Å². The molecule has 1 aliphatic rings. The van der Waals surface area contributed by atoms with Gasteiger partial charge in [0.25, 0.3) is 0 Å². The molecular weight excluding hydrogens is 189 g/mol. The van der Waals surface area contributed by atoms with Gasteiger partial charge in [0, 0.05) is 25.1 Å². The normalized spacial score (nSPS) is 28.9. The molecule has 1 rings (SSSR count). The molecule has 0 N–H and O–H groups in total. The Hall–Kier alpha value is -0.0551. The van der Waals surface area contributed by atoms with E-state index in [9.17, 15) is 0 Å². The Morgan fingerprint density at radius 1 is 1.33 bits per heavy atom. The zero-order chi connectivity index (χ0) is 11.4. The summed E-state index contributed by atoms with van der Waals surface area (Å²) < 4.78 is 11.5. The van der Waals surface area contributed by atoms with E-state index in [1.54, 1.807) is 0 Å². The van der Waals surface area contributed by atoms with Crippen LogP contribution in [0.2, 0.25) is 0 Å². The van der Waals surface area contributed by atoms with Crippen LogP contribution in [-0.2, 0) is 9.47 Å². The first-order valence-corrected chi connectivity index (χ1v) is 6.00. The average Bonchev–Trinajstić information content (AvgIpc) is 2.13. The van der Waals surface area contributed by atoms with E-state index in [2.05, 4.69) is 40.4 Å². The number of hydrogen-bond donors (Lipinski definition) is 0. The maximum atomic E-state index is 5.85. The summed E-state index contributed by atoms with van der Waals surface area (Å²) >= 11 is 0. The summed E-state index contributed by atoms with van der Waals surface area (Å²) in [4.78, 5) is 2.46. The Balaban J connectivity index is 2.37. The van der Waals surface area contributed by atoms with Gasteiger partial charge in [0.15, 0.2) is 0 Å². The highest BCUT2D eigenvalue weighted by Crippen LogP contribution is 2.13. The van der Waals surface area contributed by atoms with Crippen LogP contribution in [0.3, 0.4) is 0 Å². The van der Waals surface area contributed by atoms with Crippen molar-refractivity contribution in [2.75, 3.05) is 19.7 Å². The van der Waals surface area contributed by atoms with Crippen LogP contribution >= 0.6 is 0 Å². The number of morpholine rings is 1. The predicted molar refractivity (Wildman–Crippen MR) is 65.0 cm³/mol. The quantitative estimate of drug-likeness (QED) is 0.634. The third kappa shape index (κ3) is 4.54. The summed E-state index contributed by atoms with van der Waals surface area (Å²) in [5.74, 6) is 0. The highest BCUT2D eigenvalue weighted by atomic mass is 16.5. The third-order valence-electron chi connectivity index (χ3n) is 2.70. The fourth-order valence-electron chi connectivity index (χ4n) is 1.89. The van der Waals surface area contributed by atoms with Gasteiger partial charge in [0.2, 0.25) is 0 Å². The highest BCUT2D eigenvalue weighted by Gasteiger charge is 2.26. The van der Waals surface area contributed by atoms with E-state index in [1.807, 2.05) is 0 Å². The lowest BCUT2D eigenvalue weighted by Crippen LogP contribution is -2.51. The Kier molecular flexibility index (Phi) is 5.10. The molecular formula is C11H24BNO2. The fraction of sp³-hybridized carbons (Fsp3) is 1.00. The predicted octanol–water partition coefficient (Wildman–Crippen LogP) is 0.480. The standard InChI is InChI=1S/C11H24BNO2/c1-8(2)13-5-10(7-14-9(3)4)15-11(12)6-13/h8-11H,5-7,12H2,1-4H3. The molecule has 0 aromatic carbocycles. The summed E-state index contributed by atoms with van der Waals surface area (Å²) in [6, 6.07) is 0.916. The second kappa shape index (κ2) is 5.87. The van der Waals surface area contributed by atoms with Crippen LogP contribution in [0.25, 0.3) is 0 Å². The van der Waals surface area contributed by atoms with E-state index >= 15 is 0 Å². The van der Waals surface area contributed by atoms with Gasteiger partial charge in [0.1, 0.15) is 7.85 Å². The molecule has 1 heterocycles. The number of hydrogen-bond acceptors (Lipinski definition) is 3. The summed E-state index contributed by atoms with van der Waals surface area (Å²) in [5.41, 5.74) is 0. The lowest BCUT2D eigenvalue weighted by Gasteiger charge is -2.39. The van der Waals surface area contributed by atoms with Crippen molar-refractivity contribution in [2.24, 2.45) is 0 Å². The molecule has 2 atom stereocenters. The minimum absolute atomic E-state index is 0.235. The molecule has 4 heteroatoms. The molecule has 0 aliphatic carbocycles. The van der Waals surface area contributed by atoms with Gasteiger partial charge in [-0.3, -0.25) is 4.90 Å². The molecule has 0 saturated carbocycles. The van der Waals surface area contributed by atoms with Gasteiger partial charge < -0.3 is 9.47 Å². The van der Waals surface area contributed by atoms with E-state index in [1.165, 1.54) is 0 Å². The van der Waals surface area contributed by atoms with Crippen molar-refractivity contribution in [3.63, 3.8) is 0 Å². The van der Waals surface area contributed by atoms with Gasteiger partial charge in [0.05, 0.1) is 18.8 Å². The lowest BCUT2D eigenvalue weighted by atomic mass is 9.96. The van der Waals surface area contributed by atoms with Crippen LogP contribution in [0.5, 0.6) is 0 Å². The van der Waals surface area contributed by atoms with Gasteiger partial charge in [-0.1, -0.05) is 0 Å². The van der Waals surface area contributed by atoms with Crippen molar-refractivity contribution in [1.29, 1.82) is 0 Å². The molecule has 1 saturated heterocycles. The first-order valence-electron chi connectivity index (χ1n) is 6.00. The Bertz CT molecular complexity index is 187. The summed E-state index contributed by atoms with van der Waals surface area (Å²) in [5, 5.41) is 0. The van der Waals surface area contributed by atoms with Gasteiger partial charge in [-0.25, -0.2) is 0 Å². The van der Waals surface area contributed by atoms with Gasteiger partial charge in [-0.05, 0) is 27.7 Å². The van der Waals surface area contributed by atoms with Gasteiger partial charge >= 0.3 is 0 Å². The van der Waals surface area contributed by atoms with Crippen molar-refractivity contribution < 1.29 is 9.47 Å². The molecule has 0 amide bonds. The molecule has 15 heavy (non-hydrogen) atoms. The van der Waals surface area contributed by atoms with E-state index in [-0.39, 0.29) is 6.10 Å². The third-order valence-corrected chi connectivity index (χ3v) is 2.70. The maximum Gasteiger partial charge on any atom is 0.140 e. The molecule has 1 aliphatic heterocycles. The summed E-state index contributed by atoms with van der Waals surface area (Å²) in [6.45, 7) is 11.3. The number of rotatable bonds is 4. The highest BCUT2D eigenvalue weighted by molar-refractivity contribution is 6.11. The molecule has 0 radical (unpaired) electrons. The molecule has 2 unspecified atom stereocenters. The van der Waals surface area contributed by atoms with Crippen molar-refractivity contribution in [2.45, 2.75) is 51.9 Å². The SMILES string of the molecule is BC1CN(C(C)C)CC(COC(C)C)O1. The minimum Gasteiger partial charge on any atom is -0.379 e. The largest absolute Gasteiger partial charge is 0.379 e. The van der Waals surface area contributed by atoms with Crippen molar-refractivity contribution in [3.05, 3.63) is 0 Å². The van der Waals surface area contributed by atoms with Crippen LogP contribution in [0.4, 0.5) is 0 Å². The fourth-order valence-corrected chi connectivity index (χ4v) is 1.89. The lowest BCUT2D eigenvalue weighted by molar-refractivity contribution is -0.0999. The first-order chi connectivity index (χ1) is 6.99. The number of nitrogens with zero attached hydrogens (tertiary/aromatic N) is 1. The van der Waals surface area contributed by atoms with E-state index in [0.717, 1.165) is 13.1 Å². The topological polar surface area (TPSA) is 21.7 Å². The zero-order valence-electron chi connectivity index (χ0n) is 10.7. The van der Waals surface area contributed by atoms with E-state index < -0.39 is 0 Å². The second-order valence-corrected chi connectivity index (χ2v) is 5.00. The average molecular weight is 213 g/mol. The minimum atomic E-state index is 0.235. The van der Waals surface area contributed by atoms with Crippen molar-refractivity contribution in [3.8, 4) is 0 Å². The van der Waals surface area contributed by atoms with Gasteiger partial charge in [-0.2, -0.15) is 0 Å².